The van der Waals surface area contributed by atoms with Crippen molar-refractivity contribution in [1.82, 2.24) is 0 Å². The summed E-state index contributed by atoms with van der Waals surface area (Å²) >= 11 is 0. The average Bonchev–Trinajstić information content (AvgIpc) is 3.33. The first-order valence-corrected chi connectivity index (χ1v) is 9.34. The van der Waals surface area contributed by atoms with Crippen molar-refractivity contribution in [1.29, 1.82) is 0 Å². The predicted octanol–water partition coefficient (Wildman–Crippen LogP) is 6.91. The fraction of sp³-hybridized carbons (Fsp3) is 0. The molecular formula is C24H18N2O4. The number of hydrogen-bond acceptors (Lipinski definition) is 5. The summed E-state index contributed by atoms with van der Waals surface area (Å²) in [7, 11) is 0. The van der Waals surface area contributed by atoms with Crippen molar-refractivity contribution in [3.8, 4) is 0 Å². The number of nitro benzene ring substituents is 1. The molecule has 0 fully saturated rings. The van der Waals surface area contributed by atoms with Crippen molar-refractivity contribution in [3.05, 3.63) is 95.0 Å². The smallest absolute Gasteiger partial charge is 0.281 e. The predicted molar refractivity (Wildman–Crippen MR) is 121 cm³/mol. The van der Waals surface area contributed by atoms with Gasteiger partial charge in [0, 0.05) is 24.0 Å². The van der Waals surface area contributed by atoms with Gasteiger partial charge in [-0.25, -0.2) is 0 Å². The lowest BCUT2D eigenvalue weighted by atomic mass is 10.1. The Hall–Kier alpha value is -4.32. The molecule has 6 aromatic rings. The summed E-state index contributed by atoms with van der Waals surface area (Å²) in [6.07, 6.45) is 0. The van der Waals surface area contributed by atoms with E-state index < -0.39 is 0 Å². The summed E-state index contributed by atoms with van der Waals surface area (Å²) in [5, 5.41) is 14.4. The highest BCUT2D eigenvalue weighted by atomic mass is 16.6. The third kappa shape index (κ3) is 2.82. The summed E-state index contributed by atoms with van der Waals surface area (Å²) in [5.41, 5.74) is 9.73. The molecule has 0 amide bonds. The summed E-state index contributed by atoms with van der Waals surface area (Å²) < 4.78 is 11.2. The van der Waals surface area contributed by atoms with Gasteiger partial charge < -0.3 is 14.6 Å². The van der Waals surface area contributed by atoms with E-state index in [2.05, 4.69) is 0 Å². The zero-order valence-electron chi connectivity index (χ0n) is 15.7. The van der Waals surface area contributed by atoms with E-state index in [1.807, 2.05) is 60.7 Å². The molecule has 2 N–H and O–H groups in total. The number of non-ortho nitro benzene ring substituents is 1. The van der Waals surface area contributed by atoms with Gasteiger partial charge >= 0.3 is 0 Å². The normalized spacial score (nSPS) is 11.1. The van der Waals surface area contributed by atoms with Crippen LogP contribution in [0, 0.1) is 10.1 Å². The molecule has 0 aliphatic rings. The number of hydrogen-bond donors (Lipinski definition) is 1. The molecule has 0 radical (unpaired) electrons. The zero-order valence-corrected chi connectivity index (χ0v) is 15.7. The first-order valence-electron chi connectivity index (χ1n) is 9.34. The Morgan fingerprint density at radius 3 is 1.80 bits per heavy atom. The standard InChI is InChI=1S/C12H7NO3.C12H9NO.H2/c14-13(15)9-5-3-7-11-12(9)8-4-1-2-6-10(8)16-11;13-9-5-3-7-11-12(9)8-4-1-2-6-10(8)14-11;/h1-7H;1-7H,13H2;1H. The molecule has 0 bridgehead atoms. The molecule has 0 saturated carbocycles. The zero-order chi connectivity index (χ0) is 20.7. The largest absolute Gasteiger partial charge is 0.456 e. The first-order chi connectivity index (χ1) is 14.6. The number of furan rings is 2. The van der Waals surface area contributed by atoms with E-state index in [-0.39, 0.29) is 12.0 Å². The van der Waals surface area contributed by atoms with Gasteiger partial charge in [0.2, 0.25) is 0 Å². The van der Waals surface area contributed by atoms with Gasteiger partial charge in [0.15, 0.2) is 0 Å². The maximum absolute atomic E-state index is 10.9. The lowest BCUT2D eigenvalue weighted by molar-refractivity contribution is -0.383. The van der Waals surface area contributed by atoms with E-state index in [0.717, 1.165) is 33.0 Å². The fourth-order valence-corrected chi connectivity index (χ4v) is 3.71. The number of nitrogen functional groups attached to an aromatic ring is 1. The van der Waals surface area contributed by atoms with Crippen LogP contribution in [0.1, 0.15) is 1.43 Å². The Morgan fingerprint density at radius 2 is 1.17 bits per heavy atom. The molecule has 0 spiro atoms. The molecule has 0 unspecified atom stereocenters. The average molecular weight is 398 g/mol. The second-order valence-electron chi connectivity index (χ2n) is 6.82. The van der Waals surface area contributed by atoms with Crippen molar-refractivity contribution in [2.75, 3.05) is 5.73 Å². The molecule has 6 rings (SSSR count). The molecule has 30 heavy (non-hydrogen) atoms. The number of nitrogens with two attached hydrogens (primary N) is 1. The quantitative estimate of drug-likeness (QED) is 0.184. The van der Waals surface area contributed by atoms with Crippen LogP contribution >= 0.6 is 0 Å². The number of benzene rings is 4. The Morgan fingerprint density at radius 1 is 0.667 bits per heavy atom. The number of para-hydroxylation sites is 2. The number of nitrogens with zero attached hydrogens (tertiary/aromatic N) is 1. The minimum absolute atomic E-state index is 0. The minimum Gasteiger partial charge on any atom is -0.456 e. The van der Waals surface area contributed by atoms with Crippen molar-refractivity contribution in [2.45, 2.75) is 0 Å². The van der Waals surface area contributed by atoms with Crippen LogP contribution in [0.4, 0.5) is 11.4 Å². The SMILES string of the molecule is Nc1cccc2oc3ccccc3c12.O=[N+]([O-])c1cccc2oc3ccccc3c12.[HH]. The summed E-state index contributed by atoms with van der Waals surface area (Å²) in [6, 6.07) is 25.8. The van der Waals surface area contributed by atoms with Gasteiger partial charge in [-0.2, -0.15) is 0 Å². The Kier molecular flexibility index (Phi) is 4.10. The minimum atomic E-state index is -0.385. The van der Waals surface area contributed by atoms with E-state index >= 15 is 0 Å². The molecule has 0 atom stereocenters. The van der Waals surface area contributed by atoms with Gasteiger partial charge in [-0.1, -0.05) is 48.5 Å². The van der Waals surface area contributed by atoms with Gasteiger partial charge in [-0.15, -0.1) is 0 Å². The van der Waals surface area contributed by atoms with Crippen LogP contribution in [-0.4, -0.2) is 4.92 Å². The summed E-state index contributed by atoms with van der Waals surface area (Å²) in [5.74, 6) is 0. The van der Waals surface area contributed by atoms with Gasteiger partial charge in [0.05, 0.1) is 10.3 Å². The number of anilines is 1. The molecule has 6 heteroatoms. The third-order valence-electron chi connectivity index (χ3n) is 5.01. The van der Waals surface area contributed by atoms with Crippen LogP contribution in [-0.2, 0) is 0 Å². The van der Waals surface area contributed by atoms with Crippen molar-refractivity contribution in [3.63, 3.8) is 0 Å². The molecule has 2 heterocycles. The highest BCUT2D eigenvalue weighted by Gasteiger charge is 2.17. The van der Waals surface area contributed by atoms with Crippen LogP contribution in [0.2, 0.25) is 0 Å². The Labute approximate surface area is 171 Å². The van der Waals surface area contributed by atoms with E-state index in [1.165, 1.54) is 6.07 Å². The second-order valence-corrected chi connectivity index (χ2v) is 6.82. The number of fused-ring (bicyclic) bond motifs is 6. The van der Waals surface area contributed by atoms with Gasteiger partial charge in [-0.3, -0.25) is 10.1 Å². The highest BCUT2D eigenvalue weighted by Crippen LogP contribution is 2.35. The lowest BCUT2D eigenvalue weighted by Crippen LogP contribution is -1.87. The van der Waals surface area contributed by atoms with Crippen LogP contribution < -0.4 is 5.73 Å². The number of rotatable bonds is 1. The van der Waals surface area contributed by atoms with Crippen LogP contribution in [0.3, 0.4) is 0 Å². The van der Waals surface area contributed by atoms with Crippen molar-refractivity contribution in [2.24, 2.45) is 0 Å². The second kappa shape index (κ2) is 6.93. The van der Waals surface area contributed by atoms with Crippen molar-refractivity contribution < 1.29 is 15.2 Å². The summed E-state index contributed by atoms with van der Waals surface area (Å²) in [4.78, 5) is 10.5. The maximum Gasteiger partial charge on any atom is 0.281 e. The topological polar surface area (TPSA) is 95.4 Å². The molecule has 0 aliphatic carbocycles. The Balaban J connectivity index is 0.000000146. The maximum atomic E-state index is 10.9. The van der Waals surface area contributed by atoms with E-state index in [9.17, 15) is 10.1 Å². The van der Waals surface area contributed by atoms with Crippen LogP contribution in [0.25, 0.3) is 43.9 Å². The third-order valence-corrected chi connectivity index (χ3v) is 5.01. The molecule has 0 aliphatic heterocycles. The lowest BCUT2D eigenvalue weighted by Gasteiger charge is -1.93. The molecule has 148 valence electrons. The van der Waals surface area contributed by atoms with E-state index in [4.69, 9.17) is 14.6 Å². The van der Waals surface area contributed by atoms with Gasteiger partial charge in [0.1, 0.15) is 27.7 Å². The van der Waals surface area contributed by atoms with Crippen LogP contribution in [0.15, 0.2) is 93.8 Å². The monoisotopic (exact) mass is 398 g/mol. The van der Waals surface area contributed by atoms with Gasteiger partial charge in [0.25, 0.3) is 5.69 Å². The molecule has 6 nitrogen and oxygen atoms in total. The highest BCUT2D eigenvalue weighted by molar-refractivity contribution is 6.11. The molecule has 4 aromatic carbocycles. The number of nitro groups is 1. The van der Waals surface area contributed by atoms with Crippen LogP contribution in [0.5, 0.6) is 0 Å². The van der Waals surface area contributed by atoms with Gasteiger partial charge in [-0.05, 0) is 30.3 Å². The molecule has 0 saturated heterocycles. The Bertz CT molecular complexity index is 1550. The fourth-order valence-electron chi connectivity index (χ4n) is 3.71. The molecule has 2 aromatic heterocycles. The summed E-state index contributed by atoms with van der Waals surface area (Å²) in [6.45, 7) is 0. The first kappa shape index (κ1) is 17.8. The molecular weight excluding hydrogens is 380 g/mol. The van der Waals surface area contributed by atoms with E-state index in [1.54, 1.807) is 18.2 Å². The van der Waals surface area contributed by atoms with E-state index in [0.29, 0.717) is 16.6 Å². The van der Waals surface area contributed by atoms with Crippen molar-refractivity contribution >= 4 is 55.3 Å².